The van der Waals surface area contributed by atoms with E-state index in [1.165, 1.54) is 16.5 Å². The average molecular weight is 480 g/mol. The molecule has 0 aliphatic carbocycles. The summed E-state index contributed by atoms with van der Waals surface area (Å²) in [6.45, 7) is 7.72. The lowest BCUT2D eigenvalue weighted by Crippen LogP contribution is -2.38. The summed E-state index contributed by atoms with van der Waals surface area (Å²) in [6, 6.07) is 12.5. The van der Waals surface area contributed by atoms with Crippen molar-refractivity contribution in [2.75, 3.05) is 13.1 Å². The van der Waals surface area contributed by atoms with Crippen molar-refractivity contribution in [3.05, 3.63) is 59.7 Å². The van der Waals surface area contributed by atoms with Gasteiger partial charge < -0.3 is 20.0 Å². The molecule has 3 rings (SSSR count). The molecule has 0 spiro atoms. The Balaban J connectivity index is 0.00000261. The van der Waals surface area contributed by atoms with E-state index >= 15 is 0 Å². The fraction of sp³-hybridized carbons (Fsp3) is 0.381. The molecule has 0 bridgehead atoms. The van der Waals surface area contributed by atoms with E-state index < -0.39 is 0 Å². The summed E-state index contributed by atoms with van der Waals surface area (Å²) >= 11 is 0. The lowest BCUT2D eigenvalue weighted by Gasteiger charge is -2.16. The predicted octanol–water partition coefficient (Wildman–Crippen LogP) is 4.94. The second kappa shape index (κ2) is 10.4. The first-order chi connectivity index (χ1) is 12.7. The molecule has 0 saturated heterocycles. The monoisotopic (exact) mass is 480 g/mol. The van der Waals surface area contributed by atoms with E-state index in [4.69, 9.17) is 9.41 Å². The largest absolute Gasteiger partial charge is 0.464 e. The number of halogens is 1. The molecule has 2 aromatic heterocycles. The van der Waals surface area contributed by atoms with Crippen LogP contribution in [0.3, 0.4) is 0 Å². The zero-order valence-electron chi connectivity index (χ0n) is 16.2. The maximum absolute atomic E-state index is 5.69. The van der Waals surface area contributed by atoms with Gasteiger partial charge in [-0.1, -0.05) is 18.2 Å². The predicted molar refractivity (Wildman–Crippen MR) is 123 cm³/mol. The van der Waals surface area contributed by atoms with Gasteiger partial charge in [0, 0.05) is 30.2 Å². The molecule has 0 aliphatic rings. The summed E-state index contributed by atoms with van der Waals surface area (Å²) in [5.74, 6) is 2.68. The topological polar surface area (TPSA) is 65.3 Å². The first-order valence-electron chi connectivity index (χ1n) is 9.33. The molecule has 5 nitrogen and oxygen atoms in total. The third-order valence-corrected chi connectivity index (χ3v) is 4.43. The summed E-state index contributed by atoms with van der Waals surface area (Å²) in [6.07, 6.45) is 4.13. The smallest absolute Gasteiger partial charge is 0.191 e. The molecule has 1 unspecified atom stereocenters. The Morgan fingerprint density at radius 3 is 2.78 bits per heavy atom. The SMILES string of the molecule is CCNC(=NCCCc1c[nH]c2ccccc12)NC(C)c1ccc(C)o1.I. The third kappa shape index (κ3) is 5.76. The number of fused-ring (bicyclic) bond motifs is 1. The maximum Gasteiger partial charge on any atom is 0.191 e. The van der Waals surface area contributed by atoms with Gasteiger partial charge in [0.15, 0.2) is 5.96 Å². The van der Waals surface area contributed by atoms with E-state index in [9.17, 15) is 0 Å². The summed E-state index contributed by atoms with van der Waals surface area (Å²) in [7, 11) is 0. The fourth-order valence-electron chi connectivity index (χ4n) is 3.08. The number of H-pyrrole nitrogens is 1. The molecular formula is C21H29IN4O. The molecule has 27 heavy (non-hydrogen) atoms. The number of aromatic amines is 1. The number of hydrogen-bond donors (Lipinski definition) is 3. The van der Waals surface area contributed by atoms with Crippen LogP contribution >= 0.6 is 24.0 Å². The van der Waals surface area contributed by atoms with Crippen LogP contribution in [-0.2, 0) is 6.42 Å². The van der Waals surface area contributed by atoms with Crippen molar-refractivity contribution in [1.29, 1.82) is 0 Å². The highest BCUT2D eigenvalue weighted by Gasteiger charge is 2.11. The number of nitrogens with one attached hydrogen (secondary N) is 3. The molecule has 1 aromatic carbocycles. The van der Waals surface area contributed by atoms with Crippen molar-refractivity contribution in [2.45, 2.75) is 39.7 Å². The van der Waals surface area contributed by atoms with Crippen LogP contribution in [0.25, 0.3) is 10.9 Å². The first kappa shape index (κ1) is 21.3. The van der Waals surface area contributed by atoms with Gasteiger partial charge in [-0.3, -0.25) is 4.99 Å². The molecule has 3 aromatic rings. The molecule has 2 heterocycles. The maximum atomic E-state index is 5.69. The summed E-state index contributed by atoms with van der Waals surface area (Å²) in [5, 5.41) is 8.02. The van der Waals surface area contributed by atoms with E-state index in [-0.39, 0.29) is 30.0 Å². The zero-order valence-corrected chi connectivity index (χ0v) is 18.5. The number of furan rings is 1. The van der Waals surface area contributed by atoms with Crippen LogP contribution in [0.5, 0.6) is 0 Å². The fourth-order valence-corrected chi connectivity index (χ4v) is 3.08. The highest BCUT2D eigenvalue weighted by atomic mass is 127. The molecule has 3 N–H and O–H groups in total. The number of hydrogen-bond acceptors (Lipinski definition) is 2. The number of guanidine groups is 1. The second-order valence-electron chi connectivity index (χ2n) is 6.54. The van der Waals surface area contributed by atoms with E-state index in [1.807, 2.05) is 19.1 Å². The lowest BCUT2D eigenvalue weighted by molar-refractivity contribution is 0.441. The Bertz CT molecular complexity index is 868. The molecular weight excluding hydrogens is 451 g/mol. The Morgan fingerprint density at radius 2 is 2.04 bits per heavy atom. The van der Waals surface area contributed by atoms with Crippen LogP contribution < -0.4 is 10.6 Å². The van der Waals surface area contributed by atoms with Crippen molar-refractivity contribution in [2.24, 2.45) is 4.99 Å². The molecule has 1 atom stereocenters. The van der Waals surface area contributed by atoms with Gasteiger partial charge in [0.1, 0.15) is 11.5 Å². The molecule has 6 heteroatoms. The molecule has 0 aliphatic heterocycles. The van der Waals surface area contributed by atoms with Crippen LogP contribution in [0.4, 0.5) is 0 Å². The minimum Gasteiger partial charge on any atom is -0.464 e. The standard InChI is InChI=1S/C21H28N4O.HI/c1-4-22-21(25-16(3)20-12-11-15(2)26-20)23-13-7-8-17-14-24-19-10-6-5-9-18(17)19;/h5-6,9-12,14,16,24H,4,7-8,13H2,1-3H3,(H2,22,23,25);1H. The minimum absolute atomic E-state index is 0. The van der Waals surface area contributed by atoms with Gasteiger partial charge in [0.25, 0.3) is 0 Å². The van der Waals surface area contributed by atoms with Gasteiger partial charge in [-0.2, -0.15) is 0 Å². The van der Waals surface area contributed by atoms with Gasteiger partial charge in [0.2, 0.25) is 0 Å². The van der Waals surface area contributed by atoms with Gasteiger partial charge in [0.05, 0.1) is 6.04 Å². The quantitative estimate of drug-likeness (QED) is 0.194. The Labute approximate surface area is 178 Å². The number of para-hydroxylation sites is 1. The third-order valence-electron chi connectivity index (χ3n) is 4.43. The van der Waals surface area contributed by atoms with Crippen molar-refractivity contribution < 1.29 is 4.42 Å². The van der Waals surface area contributed by atoms with E-state index in [0.29, 0.717) is 0 Å². The Hall–Kier alpha value is -1.96. The summed E-state index contributed by atoms with van der Waals surface area (Å²) in [5.41, 5.74) is 2.55. The van der Waals surface area contributed by atoms with Crippen LogP contribution in [0.2, 0.25) is 0 Å². The lowest BCUT2D eigenvalue weighted by atomic mass is 10.1. The van der Waals surface area contributed by atoms with Gasteiger partial charge in [-0.15, -0.1) is 24.0 Å². The van der Waals surface area contributed by atoms with Crippen LogP contribution in [0.15, 0.2) is 52.0 Å². The molecule has 146 valence electrons. The van der Waals surface area contributed by atoms with Crippen molar-refractivity contribution >= 4 is 40.8 Å². The van der Waals surface area contributed by atoms with E-state index in [0.717, 1.165) is 43.4 Å². The molecule has 0 saturated carbocycles. The molecule has 0 amide bonds. The Kier molecular flexibility index (Phi) is 8.22. The van der Waals surface area contributed by atoms with Crippen molar-refractivity contribution in [3.63, 3.8) is 0 Å². The highest BCUT2D eigenvalue weighted by molar-refractivity contribution is 14.0. The minimum atomic E-state index is 0. The normalized spacial score (nSPS) is 12.6. The van der Waals surface area contributed by atoms with E-state index in [1.54, 1.807) is 0 Å². The highest BCUT2D eigenvalue weighted by Crippen LogP contribution is 2.19. The van der Waals surface area contributed by atoms with Crippen molar-refractivity contribution in [3.8, 4) is 0 Å². The van der Waals surface area contributed by atoms with Crippen LogP contribution in [-0.4, -0.2) is 24.0 Å². The number of nitrogens with zero attached hydrogens (tertiary/aromatic N) is 1. The van der Waals surface area contributed by atoms with Gasteiger partial charge in [-0.05, 0) is 57.4 Å². The number of aromatic nitrogens is 1. The van der Waals surface area contributed by atoms with Crippen LogP contribution in [0.1, 0.15) is 43.4 Å². The number of aliphatic imine (C=N–C) groups is 1. The van der Waals surface area contributed by atoms with Gasteiger partial charge >= 0.3 is 0 Å². The first-order valence-corrected chi connectivity index (χ1v) is 9.33. The average Bonchev–Trinajstić information content (AvgIpc) is 3.25. The zero-order chi connectivity index (χ0) is 18.4. The Morgan fingerprint density at radius 1 is 1.22 bits per heavy atom. The van der Waals surface area contributed by atoms with Crippen molar-refractivity contribution in [1.82, 2.24) is 15.6 Å². The molecule has 0 fully saturated rings. The second-order valence-corrected chi connectivity index (χ2v) is 6.54. The summed E-state index contributed by atoms with van der Waals surface area (Å²) in [4.78, 5) is 8.04. The summed E-state index contributed by atoms with van der Waals surface area (Å²) < 4.78 is 5.69. The number of rotatable bonds is 7. The number of benzene rings is 1. The van der Waals surface area contributed by atoms with Crippen LogP contribution in [0, 0.1) is 6.92 Å². The number of aryl methyl sites for hydroxylation is 2. The van der Waals surface area contributed by atoms with E-state index in [2.05, 4.69) is 59.9 Å². The molecule has 0 radical (unpaired) electrons. The van der Waals surface area contributed by atoms with Gasteiger partial charge in [-0.25, -0.2) is 0 Å².